The fourth-order valence-corrected chi connectivity index (χ4v) is 5.60. The molecule has 0 saturated carbocycles. The third kappa shape index (κ3) is 3.38. The second-order valence-corrected chi connectivity index (χ2v) is 7.51. The lowest BCUT2D eigenvalue weighted by Crippen LogP contribution is -1.85. The number of hydrogen-bond donors (Lipinski definition) is 0. The molecular formula is C6H5F4N3OP3+. The smallest absolute Gasteiger partial charge is 0.417 e. The number of rotatable bonds is 2. The van der Waals surface area contributed by atoms with Gasteiger partial charge >= 0.3 is 23.7 Å². The first kappa shape index (κ1) is 12.7. The van der Waals surface area contributed by atoms with Crippen LogP contribution in [-0.2, 0) is 0 Å². The Morgan fingerprint density at radius 2 is 1.76 bits per heavy atom. The Balaban J connectivity index is 2.39. The van der Waals surface area contributed by atoms with E-state index in [1.165, 1.54) is 24.3 Å². The molecule has 0 bridgehead atoms. The second kappa shape index (κ2) is 4.52. The van der Waals surface area contributed by atoms with Crippen LogP contribution < -0.4 is 4.52 Å². The van der Waals surface area contributed by atoms with Crippen molar-refractivity contribution in [3.8, 4) is 5.75 Å². The monoisotopic (exact) mass is 304 g/mol. The summed E-state index contributed by atoms with van der Waals surface area (Å²) in [5.41, 5.74) is 0. The van der Waals surface area contributed by atoms with Crippen LogP contribution in [0.2, 0.25) is 0 Å². The van der Waals surface area contributed by atoms with Gasteiger partial charge in [-0.25, -0.2) is 0 Å². The molecule has 1 unspecified atom stereocenters. The van der Waals surface area contributed by atoms with E-state index in [-0.39, 0.29) is 5.75 Å². The third-order valence-corrected chi connectivity index (χ3v) is 6.66. The van der Waals surface area contributed by atoms with E-state index >= 15 is 0 Å². The van der Waals surface area contributed by atoms with Crippen LogP contribution >= 0.6 is 23.7 Å². The van der Waals surface area contributed by atoms with Gasteiger partial charge in [-0.2, -0.15) is 0 Å². The van der Waals surface area contributed by atoms with Gasteiger partial charge in [-0.1, -0.05) is 18.2 Å². The maximum absolute atomic E-state index is 13.8. The predicted molar refractivity (Wildman–Crippen MR) is 59.5 cm³/mol. The van der Waals surface area contributed by atoms with Crippen LogP contribution in [0.3, 0.4) is 0 Å². The zero-order chi connectivity index (χ0) is 12.5. The van der Waals surface area contributed by atoms with Crippen molar-refractivity contribution < 1.29 is 21.3 Å². The van der Waals surface area contributed by atoms with Crippen LogP contribution in [0.4, 0.5) is 16.8 Å². The molecule has 1 aliphatic rings. The lowest BCUT2D eigenvalue weighted by molar-refractivity contribution is 0.550. The average Bonchev–Trinajstić information content (AvgIpc) is 2.13. The maximum Gasteiger partial charge on any atom is 0.598 e. The molecule has 4 nitrogen and oxygen atoms in total. The van der Waals surface area contributed by atoms with Crippen molar-refractivity contribution in [3.05, 3.63) is 30.3 Å². The fraction of sp³-hybridized carbons (Fsp3) is 0. The number of nitrogens with zero attached hydrogens (tertiary/aromatic N) is 3. The highest BCUT2D eigenvalue weighted by Gasteiger charge is 2.43. The number of para-hydroxylation sites is 1. The van der Waals surface area contributed by atoms with Gasteiger partial charge in [0.05, 0.1) is 13.2 Å². The highest BCUT2D eigenvalue weighted by molar-refractivity contribution is 7.74. The van der Waals surface area contributed by atoms with E-state index in [0.717, 1.165) is 0 Å². The SMILES string of the molecule is F[P+]1=N[P@](F)(Oc2ccccc2)=NP(F)(F)=N1. The first-order valence-corrected chi connectivity index (χ1v) is 8.29. The van der Waals surface area contributed by atoms with Crippen molar-refractivity contribution in [2.75, 3.05) is 0 Å². The van der Waals surface area contributed by atoms with E-state index in [2.05, 4.69) is 18.1 Å². The molecule has 0 aromatic heterocycles. The zero-order valence-corrected chi connectivity index (χ0v) is 10.7. The van der Waals surface area contributed by atoms with Gasteiger partial charge in [0.1, 0.15) is 5.75 Å². The van der Waals surface area contributed by atoms with Gasteiger partial charge in [0.15, 0.2) is 0 Å². The van der Waals surface area contributed by atoms with Crippen LogP contribution in [0.1, 0.15) is 0 Å². The van der Waals surface area contributed by atoms with Gasteiger partial charge in [-0.3, -0.25) is 0 Å². The molecule has 0 radical (unpaired) electrons. The van der Waals surface area contributed by atoms with Gasteiger partial charge in [-0.05, 0) is 12.1 Å². The molecule has 0 amide bonds. The third-order valence-electron chi connectivity index (χ3n) is 1.55. The molecule has 0 fully saturated rings. The number of halogens is 4. The minimum atomic E-state index is -5.29. The first-order valence-electron chi connectivity index (χ1n) is 4.17. The normalized spacial score (nSPS) is 28.6. The summed E-state index contributed by atoms with van der Waals surface area (Å²) in [4.78, 5) is 0. The molecule has 0 saturated heterocycles. The zero-order valence-electron chi connectivity index (χ0n) is 7.99. The first-order chi connectivity index (χ1) is 7.89. The van der Waals surface area contributed by atoms with Gasteiger partial charge in [0, 0.05) is 0 Å². The molecular weight excluding hydrogens is 299 g/mol. The maximum atomic E-state index is 13.8. The van der Waals surface area contributed by atoms with Crippen molar-refractivity contribution in [2.45, 2.75) is 0 Å². The van der Waals surface area contributed by atoms with Crippen molar-refractivity contribution in [1.82, 2.24) is 0 Å². The van der Waals surface area contributed by atoms with Crippen molar-refractivity contribution in [3.63, 3.8) is 0 Å². The van der Waals surface area contributed by atoms with Gasteiger partial charge < -0.3 is 4.52 Å². The fourth-order valence-electron chi connectivity index (χ4n) is 1.02. The van der Waals surface area contributed by atoms with Crippen LogP contribution in [0.5, 0.6) is 5.75 Å². The summed E-state index contributed by atoms with van der Waals surface area (Å²) in [5, 5.41) is 0. The van der Waals surface area contributed by atoms with Gasteiger partial charge in [0.25, 0.3) is 0 Å². The van der Waals surface area contributed by atoms with E-state index in [1.54, 1.807) is 6.07 Å². The lowest BCUT2D eigenvalue weighted by atomic mass is 10.3. The minimum Gasteiger partial charge on any atom is -0.417 e. The molecule has 0 spiro atoms. The van der Waals surface area contributed by atoms with Crippen molar-refractivity contribution >= 4 is 23.7 Å². The van der Waals surface area contributed by atoms with Crippen LogP contribution in [-0.4, -0.2) is 0 Å². The molecule has 1 aromatic rings. The molecule has 2 atom stereocenters. The Kier molecular flexibility index (Phi) is 3.39. The van der Waals surface area contributed by atoms with E-state index in [9.17, 15) is 16.8 Å². The van der Waals surface area contributed by atoms with Crippen molar-refractivity contribution in [2.24, 2.45) is 13.5 Å². The number of hydrogen-bond acceptors (Lipinski definition) is 4. The molecule has 11 heteroatoms. The molecule has 0 N–H and O–H groups in total. The quantitative estimate of drug-likeness (QED) is 0.464. The highest BCUT2D eigenvalue weighted by Crippen LogP contribution is 2.75. The highest BCUT2D eigenvalue weighted by atomic mass is 31.3. The lowest BCUT2D eigenvalue weighted by Gasteiger charge is -2.10. The second-order valence-electron chi connectivity index (χ2n) is 2.84. The molecule has 92 valence electrons. The molecule has 1 aromatic carbocycles. The van der Waals surface area contributed by atoms with Gasteiger partial charge in [0.2, 0.25) is 0 Å². The topological polar surface area (TPSA) is 46.3 Å². The number of benzene rings is 1. The Morgan fingerprint density at radius 3 is 2.35 bits per heavy atom. The summed E-state index contributed by atoms with van der Waals surface area (Å²) in [6.07, 6.45) is 0. The largest absolute Gasteiger partial charge is 0.598 e. The molecule has 1 aliphatic heterocycles. The Morgan fingerprint density at radius 1 is 1.12 bits per heavy atom. The summed E-state index contributed by atoms with van der Waals surface area (Å²) in [6.45, 7) is 0. The molecule has 2 rings (SSSR count). The van der Waals surface area contributed by atoms with Crippen LogP contribution in [0, 0.1) is 0 Å². The summed E-state index contributed by atoms with van der Waals surface area (Å²) in [5.74, 6) is -0.0267. The predicted octanol–water partition coefficient (Wildman–Crippen LogP) is 6.34. The summed E-state index contributed by atoms with van der Waals surface area (Å²) >= 11 is 0. The van der Waals surface area contributed by atoms with E-state index in [1.807, 2.05) is 0 Å². The van der Waals surface area contributed by atoms with Crippen LogP contribution in [0.25, 0.3) is 0 Å². The summed E-state index contributed by atoms with van der Waals surface area (Å²) in [6, 6.07) is 7.34. The van der Waals surface area contributed by atoms with E-state index in [0.29, 0.717) is 0 Å². The Hall–Kier alpha value is -0.700. The minimum absolute atomic E-state index is 0.0267. The summed E-state index contributed by atoms with van der Waals surface area (Å²) in [7, 11) is -13.2. The Bertz CT molecular complexity index is 569. The van der Waals surface area contributed by atoms with E-state index in [4.69, 9.17) is 0 Å². The molecule has 0 aliphatic carbocycles. The van der Waals surface area contributed by atoms with Gasteiger partial charge in [-0.15, -0.1) is 17.1 Å². The van der Waals surface area contributed by atoms with Crippen molar-refractivity contribution in [1.29, 1.82) is 0 Å². The van der Waals surface area contributed by atoms with Crippen LogP contribution in [0.15, 0.2) is 43.9 Å². The molecule has 17 heavy (non-hydrogen) atoms. The average molecular weight is 304 g/mol. The molecule has 1 heterocycles. The van der Waals surface area contributed by atoms with E-state index < -0.39 is 23.7 Å². The standard InChI is InChI=1S/C6H5F4N3OP3/c7-15-11-16(8,9)13-17(10,12-15)14-6-4-2-1-3-5-6/h1-5H/q+1/t17-/m0/s1. The summed E-state index contributed by atoms with van der Waals surface area (Å²) < 4.78 is 64.7. The Labute approximate surface area is 95.3 Å².